The Balaban J connectivity index is 2.49. The van der Waals surface area contributed by atoms with Gasteiger partial charge in [-0.1, -0.05) is 12.1 Å². The first-order chi connectivity index (χ1) is 14.4. The van der Waals surface area contributed by atoms with Crippen LogP contribution in [0.5, 0.6) is 0 Å². The molecule has 0 bridgehead atoms. The average molecular weight is 449 g/mol. The molecule has 31 heavy (non-hydrogen) atoms. The molecule has 2 rings (SSSR count). The Bertz CT molecular complexity index is 966. The van der Waals surface area contributed by atoms with Crippen LogP contribution >= 0.6 is 0 Å². The Labute approximate surface area is 172 Å². The van der Waals surface area contributed by atoms with Crippen LogP contribution in [0, 0.1) is 0 Å². The molecule has 6 nitrogen and oxygen atoms in total. The van der Waals surface area contributed by atoms with Crippen molar-refractivity contribution in [2.45, 2.75) is 31.7 Å². The van der Waals surface area contributed by atoms with E-state index in [9.17, 15) is 35.9 Å². The quantitative estimate of drug-likeness (QED) is 0.392. The maximum Gasteiger partial charge on any atom is 0.434 e. The first-order valence-electron chi connectivity index (χ1n) is 8.81. The lowest BCUT2D eigenvalue weighted by Crippen LogP contribution is -2.42. The van der Waals surface area contributed by atoms with E-state index in [-0.39, 0.29) is 17.7 Å². The minimum absolute atomic E-state index is 0.0242. The highest BCUT2D eigenvalue weighted by Crippen LogP contribution is 2.35. The van der Waals surface area contributed by atoms with Crippen molar-refractivity contribution in [3.63, 3.8) is 0 Å². The molecule has 0 aliphatic rings. The molecule has 1 aromatic heterocycles. The van der Waals surface area contributed by atoms with E-state index in [4.69, 9.17) is 4.74 Å². The number of aromatic nitrogens is 2. The number of hydrogen-bond acceptors (Lipinski definition) is 4. The summed E-state index contributed by atoms with van der Waals surface area (Å²) in [5.74, 6) is -2.18. The molecule has 12 heteroatoms. The van der Waals surface area contributed by atoms with Crippen LogP contribution in [0.15, 0.2) is 43.1 Å². The third-order valence-electron chi connectivity index (χ3n) is 3.98. The molecule has 168 valence electrons. The van der Waals surface area contributed by atoms with Gasteiger partial charge < -0.3 is 10.1 Å². The molecule has 0 aliphatic carbocycles. The van der Waals surface area contributed by atoms with E-state index in [0.29, 0.717) is 18.3 Å². The van der Waals surface area contributed by atoms with Gasteiger partial charge in [-0.15, -0.1) is 6.58 Å². The summed E-state index contributed by atoms with van der Waals surface area (Å²) < 4.78 is 84.9. The Kier molecular flexibility index (Phi) is 7.13. The number of ether oxygens (including phenoxy) is 1. The maximum absolute atomic E-state index is 13.7. The molecule has 1 heterocycles. The number of alkyl halides is 6. The van der Waals surface area contributed by atoms with Crippen LogP contribution in [0.2, 0.25) is 0 Å². The number of halogens is 6. The summed E-state index contributed by atoms with van der Waals surface area (Å²) in [6.45, 7) is 4.89. The highest BCUT2D eigenvalue weighted by Gasteiger charge is 2.41. The summed E-state index contributed by atoms with van der Waals surface area (Å²) in [5, 5.41) is 5.58. The summed E-state index contributed by atoms with van der Waals surface area (Å²) in [4.78, 5) is 24.4. The van der Waals surface area contributed by atoms with Gasteiger partial charge in [0, 0.05) is 0 Å². The first-order valence-corrected chi connectivity index (χ1v) is 8.81. The Morgan fingerprint density at radius 3 is 2.45 bits per heavy atom. The Morgan fingerprint density at radius 1 is 1.23 bits per heavy atom. The lowest BCUT2D eigenvalue weighted by atomic mass is 10.1. The molecule has 0 saturated carbocycles. The van der Waals surface area contributed by atoms with E-state index in [1.165, 1.54) is 13.0 Å². The second-order valence-electron chi connectivity index (χ2n) is 6.17. The summed E-state index contributed by atoms with van der Waals surface area (Å²) in [6, 6.07) is 1.76. The van der Waals surface area contributed by atoms with Crippen LogP contribution in [-0.4, -0.2) is 34.3 Å². The van der Waals surface area contributed by atoms with Crippen molar-refractivity contribution in [2.24, 2.45) is 0 Å². The Morgan fingerprint density at radius 2 is 1.90 bits per heavy atom. The fraction of sp³-hybridized carbons (Fsp3) is 0.316. The molecule has 1 atom stereocenters. The predicted octanol–water partition coefficient (Wildman–Crippen LogP) is 4.15. The monoisotopic (exact) mass is 449 g/mol. The first kappa shape index (κ1) is 24.0. The van der Waals surface area contributed by atoms with Gasteiger partial charge in [-0.05, 0) is 31.5 Å². The van der Waals surface area contributed by atoms with Crippen LogP contribution < -0.4 is 5.32 Å². The molecule has 0 fully saturated rings. The second-order valence-corrected chi connectivity index (χ2v) is 6.17. The topological polar surface area (TPSA) is 73.2 Å². The molecule has 1 aromatic carbocycles. The van der Waals surface area contributed by atoms with Crippen molar-refractivity contribution in [3.05, 3.63) is 59.9 Å². The van der Waals surface area contributed by atoms with Gasteiger partial charge in [0.05, 0.1) is 29.6 Å². The van der Waals surface area contributed by atoms with E-state index in [2.05, 4.69) is 17.0 Å². The van der Waals surface area contributed by atoms with Gasteiger partial charge in [0.1, 0.15) is 6.04 Å². The normalized spacial score (nSPS) is 12.9. The zero-order valence-corrected chi connectivity index (χ0v) is 16.0. The molecule has 0 spiro atoms. The van der Waals surface area contributed by atoms with E-state index in [0.717, 1.165) is 12.1 Å². The van der Waals surface area contributed by atoms with Gasteiger partial charge in [0.25, 0.3) is 5.91 Å². The third kappa shape index (κ3) is 5.64. The van der Waals surface area contributed by atoms with Crippen molar-refractivity contribution in [1.29, 1.82) is 0 Å². The fourth-order valence-corrected chi connectivity index (χ4v) is 2.66. The number of nitrogens with zero attached hydrogens (tertiary/aromatic N) is 2. The molecule has 0 radical (unpaired) electrons. The van der Waals surface area contributed by atoms with Crippen molar-refractivity contribution >= 4 is 11.9 Å². The summed E-state index contributed by atoms with van der Waals surface area (Å²) in [5.41, 5.74) is -4.30. The lowest BCUT2D eigenvalue weighted by Gasteiger charge is -2.17. The fourth-order valence-electron chi connectivity index (χ4n) is 2.66. The van der Waals surface area contributed by atoms with E-state index in [1.807, 2.05) is 0 Å². The smallest absolute Gasteiger partial charge is 0.434 e. The van der Waals surface area contributed by atoms with Crippen molar-refractivity contribution in [3.8, 4) is 5.69 Å². The van der Waals surface area contributed by atoms with Gasteiger partial charge in [-0.2, -0.15) is 31.4 Å². The third-order valence-corrected chi connectivity index (χ3v) is 3.98. The summed E-state index contributed by atoms with van der Waals surface area (Å²) in [7, 11) is 0. The van der Waals surface area contributed by atoms with Crippen molar-refractivity contribution in [2.75, 3.05) is 6.61 Å². The molecule has 2 aromatic rings. The zero-order chi connectivity index (χ0) is 23.4. The van der Waals surface area contributed by atoms with Crippen LogP contribution in [-0.2, 0) is 21.9 Å². The van der Waals surface area contributed by atoms with Crippen molar-refractivity contribution < 1.29 is 40.7 Å². The number of benzene rings is 1. The second kappa shape index (κ2) is 9.23. The van der Waals surface area contributed by atoms with Gasteiger partial charge in [0.2, 0.25) is 0 Å². The molecular formula is C19H17F6N3O3. The molecule has 1 amide bonds. The van der Waals surface area contributed by atoms with E-state index >= 15 is 0 Å². The van der Waals surface area contributed by atoms with E-state index < -0.39 is 52.8 Å². The maximum atomic E-state index is 13.7. The predicted molar refractivity (Wildman–Crippen MR) is 96.3 cm³/mol. The summed E-state index contributed by atoms with van der Waals surface area (Å²) in [6.07, 6.45) is -8.23. The lowest BCUT2D eigenvalue weighted by molar-refractivity contribution is -0.145. The molecule has 0 unspecified atom stereocenters. The molecule has 1 N–H and O–H groups in total. The van der Waals surface area contributed by atoms with Gasteiger partial charge in [-0.3, -0.25) is 4.79 Å². The standard InChI is InChI=1S/C19H17F6N3O3/c1-3-6-14(17(30)31-4-2)27-16(29)13-10-26-28(15(13)19(23,24)25)12-8-5-7-11(9-12)18(20,21)22/h3,5,7-10,14H,1,4,6H2,2H3,(H,27,29)/t14-/m1/s1. The highest BCUT2D eigenvalue weighted by atomic mass is 19.4. The van der Waals surface area contributed by atoms with Crippen LogP contribution in [0.25, 0.3) is 5.69 Å². The van der Waals surface area contributed by atoms with Gasteiger partial charge in [-0.25, -0.2) is 9.48 Å². The van der Waals surface area contributed by atoms with Gasteiger partial charge in [0.15, 0.2) is 5.69 Å². The number of esters is 1. The van der Waals surface area contributed by atoms with Crippen LogP contribution in [0.4, 0.5) is 26.3 Å². The number of nitrogens with one attached hydrogen (secondary N) is 1. The average Bonchev–Trinajstić information content (AvgIpc) is 3.13. The van der Waals surface area contributed by atoms with Gasteiger partial charge >= 0.3 is 18.3 Å². The number of rotatable bonds is 7. The molecular weight excluding hydrogens is 432 g/mol. The van der Waals surface area contributed by atoms with Crippen LogP contribution in [0.3, 0.4) is 0 Å². The largest absolute Gasteiger partial charge is 0.464 e. The highest BCUT2D eigenvalue weighted by molar-refractivity contribution is 5.98. The molecule has 0 saturated heterocycles. The number of hydrogen-bond donors (Lipinski definition) is 1. The minimum atomic E-state index is -5.14. The number of amides is 1. The zero-order valence-electron chi connectivity index (χ0n) is 16.0. The number of carbonyl (C=O) groups is 2. The molecule has 0 aliphatic heterocycles. The number of carbonyl (C=O) groups excluding carboxylic acids is 2. The summed E-state index contributed by atoms with van der Waals surface area (Å²) >= 11 is 0. The SMILES string of the molecule is C=CC[C@@H](NC(=O)c1cnn(-c2cccc(C(F)(F)F)c2)c1C(F)(F)F)C(=O)OCC. The van der Waals surface area contributed by atoms with Crippen molar-refractivity contribution in [1.82, 2.24) is 15.1 Å². The minimum Gasteiger partial charge on any atom is -0.464 e. The van der Waals surface area contributed by atoms with Crippen LogP contribution in [0.1, 0.15) is 35.0 Å². The van der Waals surface area contributed by atoms with E-state index in [1.54, 1.807) is 0 Å². The Hall–Kier alpha value is -3.31.